The molecule has 11 nitrogen and oxygen atoms in total. The number of carboxylic acids is 2. The van der Waals surface area contributed by atoms with Gasteiger partial charge in [-0.15, -0.1) is 0 Å². The number of hydrogen-bond acceptors (Lipinski definition) is 8. The lowest BCUT2D eigenvalue weighted by Gasteiger charge is -2.07. The van der Waals surface area contributed by atoms with E-state index in [-0.39, 0.29) is 0 Å². The van der Waals surface area contributed by atoms with E-state index in [1.165, 1.54) is 0 Å². The van der Waals surface area contributed by atoms with Gasteiger partial charge in [0.2, 0.25) is 11.6 Å². The highest BCUT2D eigenvalue weighted by molar-refractivity contribution is 5.88. The van der Waals surface area contributed by atoms with Crippen LogP contribution in [0.15, 0.2) is 48.8 Å². The third-order valence-electron chi connectivity index (χ3n) is 3.06. The zero-order valence-electron chi connectivity index (χ0n) is 15.5. The van der Waals surface area contributed by atoms with Crippen molar-refractivity contribution in [2.45, 2.75) is 13.5 Å². The van der Waals surface area contributed by atoms with Crippen LogP contribution in [0.25, 0.3) is 0 Å². The van der Waals surface area contributed by atoms with Crippen molar-refractivity contribution in [3.05, 3.63) is 54.4 Å². The number of carboxylic acid groups (broad SMARTS) is 2. The van der Waals surface area contributed by atoms with Crippen molar-refractivity contribution in [2.75, 3.05) is 23.0 Å². The Morgan fingerprint density at radius 3 is 2.59 bits per heavy atom. The summed E-state index contributed by atoms with van der Waals surface area (Å²) in [6.07, 6.45) is 3.92. The number of hydrogen-bond donors (Lipinski definition) is 4. The van der Waals surface area contributed by atoms with Crippen molar-refractivity contribution in [3.8, 4) is 0 Å². The zero-order valence-corrected chi connectivity index (χ0v) is 15.5. The van der Waals surface area contributed by atoms with Crippen LogP contribution in [0.1, 0.15) is 12.5 Å². The molecule has 0 fully saturated rings. The highest BCUT2D eigenvalue weighted by Crippen LogP contribution is 2.15. The Kier molecular flexibility index (Phi) is 9.69. The summed E-state index contributed by atoms with van der Waals surface area (Å²) in [6, 6.07) is 7.34. The average molecular weight is 403 g/mol. The lowest BCUT2D eigenvalue weighted by Crippen LogP contribution is -2.21. The Bertz CT molecular complexity index is 841. The van der Waals surface area contributed by atoms with Crippen LogP contribution in [0.2, 0.25) is 0 Å². The van der Waals surface area contributed by atoms with Crippen LogP contribution in [-0.2, 0) is 20.9 Å². The van der Waals surface area contributed by atoms with Gasteiger partial charge in [0, 0.05) is 30.1 Å². The summed E-state index contributed by atoms with van der Waals surface area (Å²) in [4.78, 5) is 37.3. The SMILES string of the molecule is CCOC(=O)Nc1ccc(NCc2cccnc2)[nH+]c1N.O=C([O-])/C=C/C(=O)O. The van der Waals surface area contributed by atoms with E-state index in [0.29, 0.717) is 36.8 Å². The zero-order chi connectivity index (χ0) is 21.6. The van der Waals surface area contributed by atoms with Crippen molar-refractivity contribution < 1.29 is 34.3 Å². The standard InChI is InChI=1S/C14H17N5O2.C4H4O4/c1-2-21-14(20)18-11-5-6-12(19-13(11)15)17-9-10-4-3-7-16-8-10;5-3(6)1-2-4(7)8/h3-8H,2,9H2,1H3,(H,18,20)(H3,15,17,19);1-2H,(H,5,6)(H,7,8)/b;2-1+. The van der Waals surface area contributed by atoms with Crippen LogP contribution in [0.4, 0.5) is 22.1 Å². The Morgan fingerprint density at radius 2 is 2.07 bits per heavy atom. The van der Waals surface area contributed by atoms with Gasteiger partial charge in [-0.25, -0.2) is 14.6 Å². The van der Waals surface area contributed by atoms with E-state index >= 15 is 0 Å². The van der Waals surface area contributed by atoms with Gasteiger partial charge in [-0.05, 0) is 25.1 Å². The third-order valence-corrected chi connectivity index (χ3v) is 3.06. The number of nitrogens with two attached hydrogens (primary N) is 1. The number of ether oxygens (including phenoxy) is 1. The number of amides is 1. The largest absolute Gasteiger partial charge is 0.545 e. The third kappa shape index (κ3) is 9.94. The summed E-state index contributed by atoms with van der Waals surface area (Å²) < 4.78 is 4.79. The highest BCUT2D eigenvalue weighted by Gasteiger charge is 2.10. The molecule has 0 aliphatic rings. The molecule has 0 aliphatic heterocycles. The normalized spacial score (nSPS) is 9.83. The number of aliphatic carboxylic acids is 2. The predicted octanol–water partition coefficient (Wildman–Crippen LogP) is 0.0355. The number of carbonyl (C=O) groups excluding carboxylic acids is 2. The second kappa shape index (κ2) is 12.3. The molecule has 0 unspecified atom stereocenters. The number of rotatable bonds is 7. The predicted molar refractivity (Wildman–Crippen MR) is 101 cm³/mol. The molecule has 0 saturated heterocycles. The Morgan fingerprint density at radius 1 is 1.31 bits per heavy atom. The number of H-pyrrole nitrogens is 1. The van der Waals surface area contributed by atoms with Gasteiger partial charge in [-0.2, -0.15) is 0 Å². The van der Waals surface area contributed by atoms with E-state index in [1.807, 2.05) is 12.1 Å². The molecule has 2 aromatic rings. The van der Waals surface area contributed by atoms with Gasteiger partial charge >= 0.3 is 12.1 Å². The summed E-state index contributed by atoms with van der Waals surface area (Å²) in [5, 5.41) is 23.0. The van der Waals surface area contributed by atoms with Crippen molar-refractivity contribution in [2.24, 2.45) is 0 Å². The maximum Gasteiger partial charge on any atom is 0.411 e. The minimum atomic E-state index is -1.51. The number of carbonyl (C=O) groups is 3. The average Bonchev–Trinajstić information content (AvgIpc) is 2.68. The summed E-state index contributed by atoms with van der Waals surface area (Å²) in [7, 11) is 0. The molecule has 1 amide bonds. The maximum absolute atomic E-state index is 11.3. The first-order valence-corrected chi connectivity index (χ1v) is 8.32. The molecule has 2 rings (SSSR count). The lowest BCUT2D eigenvalue weighted by atomic mass is 10.3. The van der Waals surface area contributed by atoms with Crippen LogP contribution in [0.5, 0.6) is 0 Å². The molecule has 0 atom stereocenters. The van der Waals surface area contributed by atoms with Gasteiger partial charge in [0.25, 0.3) is 0 Å². The van der Waals surface area contributed by atoms with Gasteiger partial charge in [0.1, 0.15) is 5.69 Å². The monoisotopic (exact) mass is 403 g/mol. The van der Waals surface area contributed by atoms with Crippen LogP contribution < -0.4 is 26.5 Å². The van der Waals surface area contributed by atoms with Crippen molar-refractivity contribution in [1.29, 1.82) is 0 Å². The first-order chi connectivity index (χ1) is 13.8. The highest BCUT2D eigenvalue weighted by atomic mass is 16.5. The van der Waals surface area contributed by atoms with Crippen molar-refractivity contribution in [1.82, 2.24) is 4.98 Å². The van der Waals surface area contributed by atoms with E-state index < -0.39 is 18.0 Å². The molecule has 154 valence electrons. The van der Waals surface area contributed by atoms with Crippen LogP contribution in [0, 0.1) is 0 Å². The van der Waals surface area contributed by atoms with E-state index in [2.05, 4.69) is 20.6 Å². The second-order valence-electron chi connectivity index (χ2n) is 5.25. The first kappa shape index (κ1) is 22.9. The van der Waals surface area contributed by atoms with Gasteiger partial charge < -0.3 is 30.8 Å². The van der Waals surface area contributed by atoms with Gasteiger partial charge in [-0.3, -0.25) is 10.3 Å². The molecular formula is C18H21N5O6. The van der Waals surface area contributed by atoms with Crippen LogP contribution in [0.3, 0.4) is 0 Å². The number of nitrogen functional groups attached to an aromatic ring is 1. The van der Waals surface area contributed by atoms with E-state index in [1.54, 1.807) is 31.5 Å². The minimum Gasteiger partial charge on any atom is -0.545 e. The van der Waals surface area contributed by atoms with E-state index in [4.69, 9.17) is 15.6 Å². The molecule has 6 N–H and O–H groups in total. The first-order valence-electron chi connectivity index (χ1n) is 8.32. The number of aromatic amines is 1. The van der Waals surface area contributed by atoms with E-state index in [9.17, 15) is 19.5 Å². The fourth-order valence-electron chi connectivity index (χ4n) is 1.84. The second-order valence-corrected chi connectivity index (χ2v) is 5.25. The molecule has 0 bridgehead atoms. The minimum absolute atomic E-state index is 0.306. The molecule has 2 heterocycles. The summed E-state index contributed by atoms with van der Waals surface area (Å²) in [6.45, 7) is 2.66. The van der Waals surface area contributed by atoms with Crippen molar-refractivity contribution in [3.63, 3.8) is 0 Å². The molecule has 0 radical (unpaired) electrons. The fraction of sp³-hybridized carbons (Fsp3) is 0.167. The van der Waals surface area contributed by atoms with Crippen LogP contribution >= 0.6 is 0 Å². The van der Waals surface area contributed by atoms with Gasteiger partial charge in [0.15, 0.2) is 0 Å². The molecule has 11 heteroatoms. The molecule has 0 aromatic carbocycles. The number of nitrogens with one attached hydrogen (secondary N) is 3. The van der Waals surface area contributed by atoms with Gasteiger partial charge in [-0.1, -0.05) is 6.07 Å². The molecule has 2 aromatic heterocycles. The number of pyridine rings is 2. The molecule has 0 spiro atoms. The smallest absolute Gasteiger partial charge is 0.411 e. The number of nitrogens with zero attached hydrogens (tertiary/aromatic N) is 1. The molecule has 29 heavy (non-hydrogen) atoms. The molecular weight excluding hydrogens is 382 g/mol. The summed E-state index contributed by atoms with van der Waals surface area (Å²) in [5.74, 6) is -1.72. The Labute approximate surface area is 166 Å². The van der Waals surface area contributed by atoms with E-state index in [0.717, 1.165) is 11.4 Å². The van der Waals surface area contributed by atoms with Gasteiger partial charge in [0.05, 0.1) is 19.1 Å². The molecule has 0 aliphatic carbocycles. The number of aromatic nitrogens is 2. The summed E-state index contributed by atoms with van der Waals surface area (Å²) >= 11 is 0. The quantitative estimate of drug-likeness (QED) is 0.464. The molecule has 0 saturated carbocycles. The fourth-order valence-corrected chi connectivity index (χ4v) is 1.84. The number of anilines is 3. The lowest BCUT2D eigenvalue weighted by molar-refractivity contribution is -0.342. The Balaban J connectivity index is 0.000000447. The van der Waals surface area contributed by atoms with Crippen molar-refractivity contribution >= 4 is 35.4 Å². The topological polar surface area (TPSA) is 181 Å². The van der Waals surface area contributed by atoms with Crippen LogP contribution in [-0.4, -0.2) is 34.7 Å². The Hall–Kier alpha value is -4.15. The summed E-state index contributed by atoms with van der Waals surface area (Å²) in [5.41, 5.74) is 7.38. The maximum atomic E-state index is 11.3.